The number of amides is 2. The van der Waals surface area contributed by atoms with Crippen molar-refractivity contribution in [3.63, 3.8) is 0 Å². The summed E-state index contributed by atoms with van der Waals surface area (Å²) < 4.78 is 0. The van der Waals surface area contributed by atoms with Crippen LogP contribution >= 0.6 is 0 Å². The molecule has 1 aliphatic rings. The molecule has 0 heterocycles. The molecule has 0 bridgehead atoms. The molecule has 5 nitrogen and oxygen atoms in total. The van der Waals surface area contributed by atoms with Crippen molar-refractivity contribution in [2.24, 2.45) is 0 Å². The van der Waals surface area contributed by atoms with Gasteiger partial charge in [0.25, 0.3) is 0 Å². The zero-order chi connectivity index (χ0) is 12.2. The maximum absolute atomic E-state index is 11.6. The van der Waals surface area contributed by atoms with Gasteiger partial charge in [0, 0.05) is 6.04 Å². The van der Waals surface area contributed by atoms with E-state index in [-0.39, 0.29) is 12.1 Å². The van der Waals surface area contributed by atoms with Crippen LogP contribution in [0.15, 0.2) is 0 Å². The summed E-state index contributed by atoms with van der Waals surface area (Å²) in [7, 11) is 0. The largest absolute Gasteiger partial charge is 0.480 e. The van der Waals surface area contributed by atoms with E-state index in [9.17, 15) is 9.59 Å². The van der Waals surface area contributed by atoms with E-state index in [0.29, 0.717) is 6.42 Å². The fourth-order valence-corrected chi connectivity index (χ4v) is 1.84. The van der Waals surface area contributed by atoms with E-state index < -0.39 is 11.5 Å². The number of urea groups is 1. The van der Waals surface area contributed by atoms with Crippen LogP contribution in [-0.2, 0) is 4.79 Å². The number of hydrogen-bond acceptors (Lipinski definition) is 2. The molecule has 0 aromatic carbocycles. The Bertz CT molecular complexity index is 274. The summed E-state index contributed by atoms with van der Waals surface area (Å²) in [5, 5.41) is 14.3. The van der Waals surface area contributed by atoms with E-state index in [1.54, 1.807) is 6.92 Å². The van der Waals surface area contributed by atoms with Crippen LogP contribution in [0, 0.1) is 0 Å². The van der Waals surface area contributed by atoms with Crippen LogP contribution in [0.3, 0.4) is 0 Å². The van der Waals surface area contributed by atoms with E-state index >= 15 is 0 Å². The van der Waals surface area contributed by atoms with Crippen molar-refractivity contribution in [3.8, 4) is 0 Å². The predicted octanol–water partition coefficient (Wildman–Crippen LogP) is 1.48. The first-order chi connectivity index (χ1) is 7.48. The van der Waals surface area contributed by atoms with Gasteiger partial charge in [-0.2, -0.15) is 0 Å². The SMILES string of the molecule is CCC(C)(NC(=O)NC1CCCC1)C(=O)O. The molecule has 1 rings (SSSR count). The lowest BCUT2D eigenvalue weighted by molar-refractivity contribution is -0.143. The molecule has 0 aromatic rings. The highest BCUT2D eigenvalue weighted by atomic mass is 16.4. The van der Waals surface area contributed by atoms with Crippen LogP contribution in [0.2, 0.25) is 0 Å². The third kappa shape index (κ3) is 3.12. The predicted molar refractivity (Wildman–Crippen MR) is 60.3 cm³/mol. The molecule has 5 heteroatoms. The van der Waals surface area contributed by atoms with Gasteiger partial charge in [-0.15, -0.1) is 0 Å². The van der Waals surface area contributed by atoms with E-state index in [0.717, 1.165) is 25.7 Å². The number of hydrogen-bond donors (Lipinski definition) is 3. The Kier molecular flexibility index (Phi) is 4.15. The van der Waals surface area contributed by atoms with Crippen LogP contribution in [0.1, 0.15) is 46.0 Å². The first kappa shape index (κ1) is 12.8. The molecule has 1 unspecified atom stereocenters. The Hall–Kier alpha value is -1.26. The van der Waals surface area contributed by atoms with Gasteiger partial charge in [-0.3, -0.25) is 0 Å². The molecule has 0 radical (unpaired) electrons. The number of carbonyl (C=O) groups excluding carboxylic acids is 1. The number of rotatable bonds is 4. The minimum absolute atomic E-state index is 0.204. The topological polar surface area (TPSA) is 78.4 Å². The van der Waals surface area contributed by atoms with Gasteiger partial charge in [-0.1, -0.05) is 19.8 Å². The summed E-state index contributed by atoms with van der Waals surface area (Å²) in [6.45, 7) is 3.26. The molecule has 0 aromatic heterocycles. The third-order valence-corrected chi connectivity index (χ3v) is 3.26. The molecule has 3 N–H and O–H groups in total. The molecule has 0 aliphatic heterocycles. The lowest BCUT2D eigenvalue weighted by Crippen LogP contribution is -2.56. The van der Waals surface area contributed by atoms with Crippen molar-refractivity contribution < 1.29 is 14.7 Å². The van der Waals surface area contributed by atoms with E-state index in [1.807, 2.05) is 0 Å². The second-order valence-corrected chi connectivity index (χ2v) is 4.57. The van der Waals surface area contributed by atoms with Gasteiger partial charge in [-0.05, 0) is 26.2 Å². The zero-order valence-corrected chi connectivity index (χ0v) is 9.88. The quantitative estimate of drug-likeness (QED) is 0.682. The summed E-state index contributed by atoms with van der Waals surface area (Å²) in [5.74, 6) is -1.00. The molecule has 92 valence electrons. The lowest BCUT2D eigenvalue weighted by Gasteiger charge is -2.25. The number of aliphatic carboxylic acids is 1. The standard InChI is InChI=1S/C11H20N2O3/c1-3-11(2,9(14)15)13-10(16)12-8-6-4-5-7-8/h8H,3-7H2,1-2H3,(H,14,15)(H2,12,13,16). The van der Waals surface area contributed by atoms with Crippen molar-refractivity contribution >= 4 is 12.0 Å². The first-order valence-electron chi connectivity index (χ1n) is 5.80. The molecule has 2 amide bonds. The lowest BCUT2D eigenvalue weighted by atomic mass is 10.00. The highest BCUT2D eigenvalue weighted by Gasteiger charge is 2.33. The van der Waals surface area contributed by atoms with Crippen LogP contribution in [-0.4, -0.2) is 28.7 Å². The number of carboxylic acid groups (broad SMARTS) is 1. The van der Waals surface area contributed by atoms with Crippen molar-refractivity contribution in [1.82, 2.24) is 10.6 Å². The van der Waals surface area contributed by atoms with Gasteiger partial charge in [-0.25, -0.2) is 9.59 Å². The van der Waals surface area contributed by atoms with Crippen molar-refractivity contribution in [3.05, 3.63) is 0 Å². The molecule has 0 spiro atoms. The van der Waals surface area contributed by atoms with E-state index in [4.69, 9.17) is 5.11 Å². The first-order valence-corrected chi connectivity index (χ1v) is 5.80. The summed E-state index contributed by atoms with van der Waals surface area (Å²) >= 11 is 0. The third-order valence-electron chi connectivity index (χ3n) is 3.26. The van der Waals surface area contributed by atoms with Crippen LogP contribution in [0.25, 0.3) is 0 Å². The van der Waals surface area contributed by atoms with E-state index in [2.05, 4.69) is 10.6 Å². The molecule has 1 atom stereocenters. The van der Waals surface area contributed by atoms with Crippen LogP contribution < -0.4 is 10.6 Å². The second-order valence-electron chi connectivity index (χ2n) is 4.57. The van der Waals surface area contributed by atoms with Gasteiger partial charge < -0.3 is 15.7 Å². The van der Waals surface area contributed by atoms with E-state index in [1.165, 1.54) is 6.92 Å². The van der Waals surface area contributed by atoms with Gasteiger partial charge in [0.15, 0.2) is 0 Å². The van der Waals surface area contributed by atoms with Crippen LogP contribution in [0.4, 0.5) is 4.79 Å². The highest BCUT2D eigenvalue weighted by Crippen LogP contribution is 2.17. The Morgan fingerprint density at radius 1 is 1.38 bits per heavy atom. The minimum Gasteiger partial charge on any atom is -0.480 e. The highest BCUT2D eigenvalue weighted by molar-refractivity contribution is 5.85. The summed E-state index contributed by atoms with van der Waals surface area (Å²) in [4.78, 5) is 22.6. The van der Waals surface area contributed by atoms with Gasteiger partial charge >= 0.3 is 12.0 Å². The normalized spacial score (nSPS) is 20.1. The Labute approximate surface area is 95.6 Å². The average molecular weight is 228 g/mol. The molecule has 1 saturated carbocycles. The van der Waals surface area contributed by atoms with Crippen molar-refractivity contribution in [2.75, 3.05) is 0 Å². The monoisotopic (exact) mass is 228 g/mol. The van der Waals surface area contributed by atoms with Crippen molar-refractivity contribution in [2.45, 2.75) is 57.5 Å². The molecule has 1 fully saturated rings. The number of carbonyl (C=O) groups is 2. The van der Waals surface area contributed by atoms with Crippen molar-refractivity contribution in [1.29, 1.82) is 0 Å². The molecular formula is C11H20N2O3. The minimum atomic E-state index is -1.18. The fourth-order valence-electron chi connectivity index (χ4n) is 1.84. The molecule has 16 heavy (non-hydrogen) atoms. The Balaban J connectivity index is 2.45. The van der Waals surface area contributed by atoms with Crippen LogP contribution in [0.5, 0.6) is 0 Å². The summed E-state index contributed by atoms with van der Waals surface area (Å²) in [5.41, 5.74) is -1.18. The molecule has 1 aliphatic carbocycles. The molecule has 0 saturated heterocycles. The smallest absolute Gasteiger partial charge is 0.329 e. The average Bonchev–Trinajstić information content (AvgIpc) is 2.69. The van der Waals surface area contributed by atoms with Gasteiger partial charge in [0.2, 0.25) is 0 Å². The second kappa shape index (κ2) is 5.18. The number of nitrogens with one attached hydrogen (secondary N) is 2. The number of carboxylic acids is 1. The van der Waals surface area contributed by atoms with Gasteiger partial charge in [0.1, 0.15) is 5.54 Å². The zero-order valence-electron chi connectivity index (χ0n) is 9.88. The Morgan fingerprint density at radius 2 is 1.94 bits per heavy atom. The Morgan fingerprint density at radius 3 is 2.38 bits per heavy atom. The maximum atomic E-state index is 11.6. The maximum Gasteiger partial charge on any atom is 0.329 e. The summed E-state index contributed by atoms with van der Waals surface area (Å²) in [6, 6.07) is -0.173. The molecular weight excluding hydrogens is 208 g/mol. The summed E-state index contributed by atoms with van der Waals surface area (Å²) in [6.07, 6.45) is 4.61. The van der Waals surface area contributed by atoms with Gasteiger partial charge in [0.05, 0.1) is 0 Å². The fraction of sp³-hybridized carbons (Fsp3) is 0.818.